The molecule has 0 bridgehead atoms. The van der Waals surface area contributed by atoms with Crippen molar-refractivity contribution in [1.29, 1.82) is 0 Å². The first-order chi connectivity index (χ1) is 9.60. The van der Waals surface area contributed by atoms with E-state index in [1.165, 1.54) is 12.3 Å². The van der Waals surface area contributed by atoms with Crippen molar-refractivity contribution in [3.05, 3.63) is 47.8 Å². The highest BCUT2D eigenvalue weighted by molar-refractivity contribution is 6.06. The van der Waals surface area contributed by atoms with Crippen molar-refractivity contribution < 1.29 is 14.6 Å². The van der Waals surface area contributed by atoms with E-state index in [2.05, 4.69) is 5.10 Å². The van der Waals surface area contributed by atoms with Gasteiger partial charge in [0.1, 0.15) is 0 Å². The average molecular weight is 272 g/mol. The van der Waals surface area contributed by atoms with E-state index < -0.39 is 0 Å². The lowest BCUT2D eigenvalue weighted by atomic mass is 10.1. The minimum Gasteiger partial charge on any atom is -0.504 e. The van der Waals surface area contributed by atoms with Crippen LogP contribution in [0.5, 0.6) is 11.5 Å². The second kappa shape index (κ2) is 6.06. The van der Waals surface area contributed by atoms with Gasteiger partial charge in [-0.2, -0.15) is 5.10 Å². The van der Waals surface area contributed by atoms with Gasteiger partial charge in [0, 0.05) is 13.2 Å². The smallest absolute Gasteiger partial charge is 0.189 e. The second-order valence-electron chi connectivity index (χ2n) is 4.26. The number of allylic oxidation sites excluding steroid dienone is 1. The number of ketones is 1. The van der Waals surface area contributed by atoms with Gasteiger partial charge in [0.15, 0.2) is 17.3 Å². The van der Waals surface area contributed by atoms with Gasteiger partial charge in [-0.05, 0) is 30.7 Å². The molecule has 1 aromatic carbocycles. The van der Waals surface area contributed by atoms with E-state index in [1.54, 1.807) is 42.2 Å². The number of hydrogen-bond donors (Lipinski definition) is 1. The van der Waals surface area contributed by atoms with Crippen molar-refractivity contribution in [2.75, 3.05) is 6.61 Å². The second-order valence-corrected chi connectivity index (χ2v) is 4.26. The van der Waals surface area contributed by atoms with E-state index in [0.29, 0.717) is 17.9 Å². The number of rotatable bonds is 5. The van der Waals surface area contributed by atoms with Gasteiger partial charge >= 0.3 is 0 Å². The molecule has 0 saturated heterocycles. The molecule has 0 unspecified atom stereocenters. The van der Waals surface area contributed by atoms with Gasteiger partial charge < -0.3 is 9.84 Å². The number of aromatic hydroxyl groups is 1. The molecule has 0 atom stereocenters. The Balaban J connectivity index is 2.15. The number of carbonyl (C=O) groups excluding carboxylic acids is 1. The summed E-state index contributed by atoms with van der Waals surface area (Å²) in [4.78, 5) is 11.9. The fourth-order valence-corrected chi connectivity index (χ4v) is 1.72. The molecule has 5 nitrogen and oxygen atoms in total. The molecule has 1 N–H and O–H groups in total. The van der Waals surface area contributed by atoms with E-state index in [9.17, 15) is 9.90 Å². The molecule has 0 spiro atoms. The van der Waals surface area contributed by atoms with Crippen molar-refractivity contribution in [2.24, 2.45) is 7.05 Å². The van der Waals surface area contributed by atoms with Gasteiger partial charge in [0.25, 0.3) is 0 Å². The molecule has 0 fully saturated rings. The Labute approximate surface area is 117 Å². The highest BCUT2D eigenvalue weighted by Crippen LogP contribution is 2.27. The van der Waals surface area contributed by atoms with Gasteiger partial charge in [-0.25, -0.2) is 0 Å². The molecule has 1 aromatic heterocycles. The Hall–Kier alpha value is -2.56. The lowest BCUT2D eigenvalue weighted by molar-refractivity contribution is 0.104. The van der Waals surface area contributed by atoms with Gasteiger partial charge in [-0.1, -0.05) is 12.1 Å². The van der Waals surface area contributed by atoms with Gasteiger partial charge in [0.2, 0.25) is 0 Å². The van der Waals surface area contributed by atoms with Crippen molar-refractivity contribution in [3.8, 4) is 11.5 Å². The summed E-state index contributed by atoms with van der Waals surface area (Å²) >= 11 is 0. The first-order valence-electron chi connectivity index (χ1n) is 6.27. The average Bonchev–Trinajstić information content (AvgIpc) is 2.86. The van der Waals surface area contributed by atoms with Crippen molar-refractivity contribution in [3.63, 3.8) is 0 Å². The summed E-state index contributed by atoms with van der Waals surface area (Å²) in [6.45, 7) is 2.31. The third-order valence-electron chi connectivity index (χ3n) is 2.70. The largest absolute Gasteiger partial charge is 0.504 e. The van der Waals surface area contributed by atoms with Crippen LogP contribution in [0.15, 0.2) is 36.7 Å². The molecule has 2 aromatic rings. The van der Waals surface area contributed by atoms with Crippen LogP contribution in [0.4, 0.5) is 0 Å². The van der Waals surface area contributed by atoms with Crippen LogP contribution in [-0.2, 0) is 7.05 Å². The number of benzene rings is 1. The minimum atomic E-state index is -0.121. The van der Waals surface area contributed by atoms with Gasteiger partial charge in [-0.15, -0.1) is 0 Å². The Morgan fingerprint density at radius 2 is 2.30 bits per heavy atom. The lowest BCUT2D eigenvalue weighted by Crippen LogP contribution is -1.93. The molecule has 0 aliphatic rings. The summed E-state index contributed by atoms with van der Waals surface area (Å²) in [6.07, 6.45) is 6.33. The number of hydrogen-bond acceptors (Lipinski definition) is 4. The normalized spacial score (nSPS) is 10.9. The molecule has 2 rings (SSSR count). The third kappa shape index (κ3) is 3.26. The third-order valence-corrected chi connectivity index (χ3v) is 2.70. The van der Waals surface area contributed by atoms with Crippen molar-refractivity contribution >= 4 is 11.9 Å². The van der Waals surface area contributed by atoms with Crippen LogP contribution >= 0.6 is 0 Å². The zero-order chi connectivity index (χ0) is 14.5. The maximum atomic E-state index is 11.9. The number of carbonyl (C=O) groups is 1. The van der Waals surface area contributed by atoms with E-state index in [1.807, 2.05) is 6.92 Å². The van der Waals surface area contributed by atoms with E-state index in [4.69, 9.17) is 4.74 Å². The topological polar surface area (TPSA) is 64.3 Å². The van der Waals surface area contributed by atoms with Gasteiger partial charge in [-0.3, -0.25) is 9.48 Å². The quantitative estimate of drug-likeness (QED) is 0.670. The molecule has 0 radical (unpaired) electrons. The number of aryl methyl sites for hydroxylation is 1. The SMILES string of the molecule is CCOc1cc(/C=C/C(=O)c2cnn(C)c2)ccc1O. The predicted octanol–water partition coefficient (Wildman–Crippen LogP) is 2.42. The summed E-state index contributed by atoms with van der Waals surface area (Å²) in [7, 11) is 1.76. The number of phenols is 1. The van der Waals surface area contributed by atoms with Crippen LogP contribution in [0.1, 0.15) is 22.8 Å². The standard InChI is InChI=1S/C15H16N2O3/c1-3-20-15-8-11(5-7-14(15)19)4-6-13(18)12-9-16-17(2)10-12/h4-10,19H,3H2,1-2H3/b6-4+. The van der Waals surface area contributed by atoms with E-state index in [0.717, 1.165) is 5.56 Å². The van der Waals surface area contributed by atoms with Crippen LogP contribution in [0, 0.1) is 0 Å². The van der Waals surface area contributed by atoms with Crippen LogP contribution in [0.25, 0.3) is 6.08 Å². The van der Waals surface area contributed by atoms with Crippen LogP contribution in [0.3, 0.4) is 0 Å². The Morgan fingerprint density at radius 3 is 2.95 bits per heavy atom. The van der Waals surface area contributed by atoms with E-state index >= 15 is 0 Å². The zero-order valence-electron chi connectivity index (χ0n) is 11.4. The van der Waals surface area contributed by atoms with Crippen LogP contribution in [0.2, 0.25) is 0 Å². The highest BCUT2D eigenvalue weighted by atomic mass is 16.5. The number of phenolic OH excluding ortho intramolecular Hbond substituents is 1. The maximum Gasteiger partial charge on any atom is 0.189 e. The number of aromatic nitrogens is 2. The van der Waals surface area contributed by atoms with E-state index in [-0.39, 0.29) is 11.5 Å². The summed E-state index contributed by atoms with van der Waals surface area (Å²) in [6, 6.07) is 4.94. The summed E-state index contributed by atoms with van der Waals surface area (Å²) in [5.74, 6) is 0.371. The molecule has 104 valence electrons. The molecule has 0 aliphatic heterocycles. The monoisotopic (exact) mass is 272 g/mol. The number of ether oxygens (including phenoxy) is 1. The summed E-state index contributed by atoms with van der Waals surface area (Å²) in [5.41, 5.74) is 1.32. The Bertz CT molecular complexity index is 644. The summed E-state index contributed by atoms with van der Waals surface area (Å²) in [5, 5.41) is 13.5. The molecular weight excluding hydrogens is 256 g/mol. The molecule has 20 heavy (non-hydrogen) atoms. The predicted molar refractivity (Wildman–Crippen MR) is 75.8 cm³/mol. The molecule has 1 heterocycles. The Morgan fingerprint density at radius 1 is 1.50 bits per heavy atom. The van der Waals surface area contributed by atoms with Crippen molar-refractivity contribution in [1.82, 2.24) is 9.78 Å². The summed E-state index contributed by atoms with van der Waals surface area (Å²) < 4.78 is 6.87. The Kier molecular flexibility index (Phi) is 4.20. The lowest BCUT2D eigenvalue weighted by Gasteiger charge is -2.06. The first-order valence-corrected chi connectivity index (χ1v) is 6.27. The fraction of sp³-hybridized carbons (Fsp3) is 0.200. The van der Waals surface area contributed by atoms with Crippen molar-refractivity contribution in [2.45, 2.75) is 6.92 Å². The molecule has 5 heteroatoms. The van der Waals surface area contributed by atoms with Gasteiger partial charge in [0.05, 0.1) is 18.4 Å². The molecule has 0 saturated carbocycles. The van der Waals surface area contributed by atoms with Crippen LogP contribution < -0.4 is 4.74 Å². The first kappa shape index (κ1) is 13.9. The minimum absolute atomic E-state index is 0.0857. The zero-order valence-corrected chi connectivity index (χ0v) is 11.4. The highest BCUT2D eigenvalue weighted by Gasteiger charge is 2.05. The van der Waals surface area contributed by atoms with Crippen LogP contribution in [-0.4, -0.2) is 27.3 Å². The molecule has 0 aliphatic carbocycles. The molecule has 0 amide bonds. The fourth-order valence-electron chi connectivity index (χ4n) is 1.72. The number of nitrogens with zero attached hydrogens (tertiary/aromatic N) is 2. The molecular formula is C15H16N2O3. The maximum absolute atomic E-state index is 11.9.